The van der Waals surface area contributed by atoms with Gasteiger partial charge in [0.2, 0.25) is 10.0 Å². The van der Waals surface area contributed by atoms with E-state index in [-0.39, 0.29) is 10.5 Å². The Morgan fingerprint density at radius 2 is 2.21 bits per heavy atom. The third kappa shape index (κ3) is 2.88. The van der Waals surface area contributed by atoms with Crippen molar-refractivity contribution in [3.8, 4) is 0 Å². The number of hydrogen-bond donors (Lipinski definition) is 2. The van der Waals surface area contributed by atoms with E-state index in [1.807, 2.05) is 0 Å². The van der Waals surface area contributed by atoms with Crippen LogP contribution < -0.4 is 10.0 Å². The zero-order valence-electron chi connectivity index (χ0n) is 11.1. The van der Waals surface area contributed by atoms with Gasteiger partial charge < -0.3 is 10.1 Å². The number of anilines is 1. The molecule has 1 aliphatic carbocycles. The van der Waals surface area contributed by atoms with Crippen LogP contribution in [0.25, 0.3) is 0 Å². The third-order valence-corrected chi connectivity index (χ3v) is 5.05. The molecule has 1 heterocycles. The van der Waals surface area contributed by atoms with Gasteiger partial charge in [0.25, 0.3) is 0 Å². The molecule has 0 radical (unpaired) electrons. The Bertz CT molecular complexity index is 535. The number of ether oxygens (including phenoxy) is 1. The number of aromatic nitrogens is 1. The van der Waals surface area contributed by atoms with Crippen LogP contribution in [0.2, 0.25) is 0 Å². The first-order valence-electron chi connectivity index (χ1n) is 6.20. The van der Waals surface area contributed by atoms with Gasteiger partial charge in [-0.1, -0.05) is 0 Å². The van der Waals surface area contributed by atoms with Gasteiger partial charge in [-0.25, -0.2) is 13.1 Å². The van der Waals surface area contributed by atoms with Crippen molar-refractivity contribution in [1.29, 1.82) is 0 Å². The summed E-state index contributed by atoms with van der Waals surface area (Å²) in [6.07, 6.45) is 5.74. The minimum Gasteiger partial charge on any atom is -0.387 e. The summed E-state index contributed by atoms with van der Waals surface area (Å²) in [7, 11) is -0.278. The van der Waals surface area contributed by atoms with Gasteiger partial charge in [0.15, 0.2) is 0 Å². The average Bonchev–Trinajstić information content (AvgIpc) is 2.38. The molecule has 0 atom stereocenters. The molecule has 2 rings (SSSR count). The number of nitrogens with one attached hydrogen (secondary N) is 2. The maximum atomic E-state index is 12.3. The van der Waals surface area contributed by atoms with E-state index in [4.69, 9.17) is 4.74 Å². The van der Waals surface area contributed by atoms with E-state index in [9.17, 15) is 8.42 Å². The molecule has 19 heavy (non-hydrogen) atoms. The lowest BCUT2D eigenvalue weighted by Crippen LogP contribution is -2.49. The first-order valence-corrected chi connectivity index (χ1v) is 7.68. The number of rotatable bonds is 6. The molecule has 7 heteroatoms. The number of methoxy groups -OCH3 is 1. The summed E-state index contributed by atoms with van der Waals surface area (Å²) in [5.74, 6) is 0. The summed E-state index contributed by atoms with van der Waals surface area (Å²) in [6, 6.07) is 1.63. The van der Waals surface area contributed by atoms with E-state index in [2.05, 4.69) is 15.0 Å². The molecule has 6 nitrogen and oxygen atoms in total. The topological polar surface area (TPSA) is 80.3 Å². The molecule has 0 spiro atoms. The molecule has 0 amide bonds. The van der Waals surface area contributed by atoms with E-state index in [0.717, 1.165) is 19.3 Å². The van der Waals surface area contributed by atoms with Crippen LogP contribution >= 0.6 is 0 Å². The highest BCUT2D eigenvalue weighted by molar-refractivity contribution is 7.89. The van der Waals surface area contributed by atoms with Crippen molar-refractivity contribution in [2.75, 3.05) is 26.0 Å². The maximum Gasteiger partial charge on any atom is 0.244 e. The van der Waals surface area contributed by atoms with Crippen LogP contribution in [-0.4, -0.2) is 39.7 Å². The molecule has 1 aliphatic rings. The van der Waals surface area contributed by atoms with Crippen LogP contribution in [0.4, 0.5) is 5.69 Å². The summed E-state index contributed by atoms with van der Waals surface area (Å²) in [4.78, 5) is 4.02. The Hall–Kier alpha value is -1.18. The van der Waals surface area contributed by atoms with Gasteiger partial charge in [-0.3, -0.25) is 4.98 Å². The van der Waals surface area contributed by atoms with Crippen LogP contribution in [0.3, 0.4) is 0 Å². The average molecular weight is 285 g/mol. The predicted octanol–water partition coefficient (Wildman–Crippen LogP) is 0.971. The molecule has 2 N–H and O–H groups in total. The van der Waals surface area contributed by atoms with Crippen molar-refractivity contribution >= 4 is 15.7 Å². The van der Waals surface area contributed by atoms with Crippen molar-refractivity contribution in [2.45, 2.75) is 29.8 Å². The predicted molar refractivity (Wildman–Crippen MR) is 72.6 cm³/mol. The molecule has 1 saturated carbocycles. The second-order valence-corrected chi connectivity index (χ2v) is 6.42. The summed E-state index contributed by atoms with van der Waals surface area (Å²) < 4.78 is 32.6. The highest BCUT2D eigenvalue weighted by Gasteiger charge is 2.38. The number of nitrogens with zero attached hydrogens (tertiary/aromatic N) is 1. The van der Waals surface area contributed by atoms with Crippen molar-refractivity contribution < 1.29 is 13.2 Å². The van der Waals surface area contributed by atoms with Crippen molar-refractivity contribution in [3.63, 3.8) is 0 Å². The first-order chi connectivity index (χ1) is 9.03. The van der Waals surface area contributed by atoms with E-state index >= 15 is 0 Å². The fourth-order valence-electron chi connectivity index (χ4n) is 2.13. The SMILES string of the molecule is CNc1ccncc1S(=O)(=O)NCC1(OC)CCC1. The van der Waals surface area contributed by atoms with Crippen LogP contribution in [-0.2, 0) is 14.8 Å². The van der Waals surface area contributed by atoms with Gasteiger partial charge in [-0.05, 0) is 25.3 Å². The van der Waals surface area contributed by atoms with Gasteiger partial charge in [0.1, 0.15) is 4.90 Å². The fourth-order valence-corrected chi connectivity index (χ4v) is 3.40. The van der Waals surface area contributed by atoms with Crippen molar-refractivity contribution in [2.24, 2.45) is 0 Å². The maximum absolute atomic E-state index is 12.3. The lowest BCUT2D eigenvalue weighted by Gasteiger charge is -2.40. The highest BCUT2D eigenvalue weighted by atomic mass is 32.2. The summed E-state index contributed by atoms with van der Waals surface area (Å²) in [5.41, 5.74) is 0.192. The molecule has 0 saturated heterocycles. The summed E-state index contributed by atoms with van der Waals surface area (Å²) >= 11 is 0. The van der Waals surface area contributed by atoms with Crippen LogP contribution in [0.1, 0.15) is 19.3 Å². The van der Waals surface area contributed by atoms with Gasteiger partial charge in [-0.15, -0.1) is 0 Å². The Labute approximate surface area is 113 Å². The lowest BCUT2D eigenvalue weighted by atomic mass is 9.80. The van der Waals surface area contributed by atoms with Crippen LogP contribution in [0.15, 0.2) is 23.4 Å². The van der Waals surface area contributed by atoms with E-state index < -0.39 is 10.0 Å². The quantitative estimate of drug-likeness (QED) is 0.814. The molecule has 0 aliphatic heterocycles. The second kappa shape index (κ2) is 5.44. The minimum atomic E-state index is -3.58. The van der Waals surface area contributed by atoms with Gasteiger partial charge >= 0.3 is 0 Å². The number of sulfonamides is 1. The minimum absolute atomic E-state index is 0.156. The molecule has 1 aromatic heterocycles. The largest absolute Gasteiger partial charge is 0.387 e. The fraction of sp³-hybridized carbons (Fsp3) is 0.583. The molecular weight excluding hydrogens is 266 g/mol. The van der Waals surface area contributed by atoms with E-state index in [1.165, 1.54) is 6.20 Å². The Balaban J connectivity index is 2.14. The third-order valence-electron chi connectivity index (χ3n) is 3.63. The zero-order chi connectivity index (χ0) is 13.9. The van der Waals surface area contributed by atoms with Crippen molar-refractivity contribution in [1.82, 2.24) is 9.71 Å². The molecule has 106 valence electrons. The van der Waals surface area contributed by atoms with E-state index in [1.54, 1.807) is 26.4 Å². The molecule has 1 fully saturated rings. The zero-order valence-corrected chi connectivity index (χ0v) is 12.0. The van der Waals surface area contributed by atoms with Crippen LogP contribution in [0.5, 0.6) is 0 Å². The Morgan fingerprint density at radius 1 is 1.47 bits per heavy atom. The Kier molecular flexibility index (Phi) is 4.07. The smallest absolute Gasteiger partial charge is 0.244 e. The molecule has 0 unspecified atom stereocenters. The van der Waals surface area contributed by atoms with Gasteiger partial charge in [0, 0.05) is 33.1 Å². The van der Waals surface area contributed by atoms with Crippen molar-refractivity contribution in [3.05, 3.63) is 18.5 Å². The normalized spacial score (nSPS) is 17.8. The molecular formula is C12H19N3O3S. The molecule has 0 bridgehead atoms. The summed E-state index contributed by atoms with van der Waals surface area (Å²) in [6.45, 7) is 0.296. The molecule has 1 aromatic rings. The highest BCUT2D eigenvalue weighted by Crippen LogP contribution is 2.34. The van der Waals surface area contributed by atoms with Gasteiger partial charge in [0.05, 0.1) is 11.3 Å². The lowest BCUT2D eigenvalue weighted by molar-refractivity contribution is -0.0659. The number of hydrogen-bond acceptors (Lipinski definition) is 5. The monoisotopic (exact) mass is 285 g/mol. The summed E-state index contributed by atoms with van der Waals surface area (Å²) in [5, 5.41) is 2.85. The standard InChI is InChI=1S/C12H19N3O3S/c1-13-10-4-7-14-8-11(10)19(16,17)15-9-12(18-2)5-3-6-12/h4,7-8,15H,3,5-6,9H2,1-2H3,(H,13,14). The molecule has 0 aromatic carbocycles. The van der Waals surface area contributed by atoms with E-state index in [0.29, 0.717) is 12.2 Å². The second-order valence-electron chi connectivity index (χ2n) is 4.69. The Morgan fingerprint density at radius 3 is 2.74 bits per heavy atom. The first kappa shape index (κ1) is 14.2. The number of pyridine rings is 1. The van der Waals surface area contributed by atoms with Crippen LogP contribution in [0, 0.1) is 0 Å². The van der Waals surface area contributed by atoms with Gasteiger partial charge in [-0.2, -0.15) is 0 Å².